The number of hydrogen-bond acceptors (Lipinski definition) is 4. The van der Waals surface area contributed by atoms with E-state index in [9.17, 15) is 4.39 Å². The number of benzene rings is 1. The molecule has 0 aliphatic carbocycles. The molecule has 0 saturated heterocycles. The smallest absolute Gasteiger partial charge is 0.221 e. The number of nitrogens with one attached hydrogen (secondary N) is 1. The fourth-order valence-electron chi connectivity index (χ4n) is 1.44. The molecule has 0 atom stereocenters. The first-order valence-electron chi connectivity index (χ1n) is 5.18. The highest BCUT2D eigenvalue weighted by Crippen LogP contribution is 2.22. The van der Waals surface area contributed by atoms with Gasteiger partial charge < -0.3 is 11.1 Å². The van der Waals surface area contributed by atoms with Gasteiger partial charge >= 0.3 is 0 Å². The van der Waals surface area contributed by atoms with Gasteiger partial charge in [-0.05, 0) is 31.5 Å². The number of nitrogens with two attached hydrogens (primary N) is 1. The maximum absolute atomic E-state index is 13.1. The molecule has 0 bridgehead atoms. The summed E-state index contributed by atoms with van der Waals surface area (Å²) in [4.78, 5) is 7.95. The minimum Gasteiger partial charge on any atom is -0.368 e. The predicted molar refractivity (Wildman–Crippen MR) is 65.6 cm³/mol. The molecular formula is C12H13FN4. The second-order valence-corrected chi connectivity index (χ2v) is 3.84. The Morgan fingerprint density at radius 1 is 1.24 bits per heavy atom. The van der Waals surface area contributed by atoms with Crippen molar-refractivity contribution in [2.45, 2.75) is 13.8 Å². The van der Waals surface area contributed by atoms with Crippen LogP contribution < -0.4 is 11.1 Å². The predicted octanol–water partition coefficient (Wildman–Crippen LogP) is 2.56. The van der Waals surface area contributed by atoms with Crippen LogP contribution in [0.2, 0.25) is 0 Å². The average molecular weight is 232 g/mol. The zero-order chi connectivity index (χ0) is 12.4. The van der Waals surface area contributed by atoms with E-state index < -0.39 is 0 Å². The van der Waals surface area contributed by atoms with E-state index in [4.69, 9.17) is 5.73 Å². The molecule has 3 N–H and O–H groups in total. The van der Waals surface area contributed by atoms with E-state index in [-0.39, 0.29) is 11.8 Å². The minimum atomic E-state index is -0.294. The Morgan fingerprint density at radius 2 is 2.00 bits per heavy atom. The second kappa shape index (κ2) is 4.37. The number of nitrogen functional groups attached to an aromatic ring is 1. The first kappa shape index (κ1) is 11.3. The molecule has 0 fully saturated rings. The fourth-order valence-corrected chi connectivity index (χ4v) is 1.44. The largest absolute Gasteiger partial charge is 0.368 e. The first-order valence-corrected chi connectivity index (χ1v) is 5.18. The van der Waals surface area contributed by atoms with Gasteiger partial charge in [0, 0.05) is 17.4 Å². The van der Waals surface area contributed by atoms with Gasteiger partial charge in [-0.15, -0.1) is 0 Å². The monoisotopic (exact) mass is 232 g/mol. The summed E-state index contributed by atoms with van der Waals surface area (Å²) in [5.74, 6) is 0.483. The summed E-state index contributed by atoms with van der Waals surface area (Å²) in [5, 5.41) is 3.05. The van der Waals surface area contributed by atoms with E-state index in [1.807, 2.05) is 13.8 Å². The van der Waals surface area contributed by atoms with Crippen molar-refractivity contribution in [1.82, 2.24) is 9.97 Å². The molecule has 88 valence electrons. The lowest BCUT2D eigenvalue weighted by atomic mass is 10.2. The van der Waals surface area contributed by atoms with Gasteiger partial charge in [-0.2, -0.15) is 4.98 Å². The summed E-state index contributed by atoms with van der Waals surface area (Å²) in [6, 6.07) is 4.55. The van der Waals surface area contributed by atoms with E-state index in [1.165, 1.54) is 12.1 Å². The van der Waals surface area contributed by atoms with Gasteiger partial charge in [0.1, 0.15) is 11.6 Å². The number of rotatable bonds is 2. The summed E-state index contributed by atoms with van der Waals surface area (Å²) < 4.78 is 13.1. The van der Waals surface area contributed by atoms with Gasteiger partial charge in [-0.1, -0.05) is 6.07 Å². The highest BCUT2D eigenvalue weighted by molar-refractivity contribution is 5.62. The summed E-state index contributed by atoms with van der Waals surface area (Å²) in [5.41, 5.74) is 7.97. The number of aryl methyl sites for hydroxylation is 2. The van der Waals surface area contributed by atoms with Crippen LogP contribution in [0.5, 0.6) is 0 Å². The van der Waals surface area contributed by atoms with Crippen LogP contribution in [0.1, 0.15) is 11.1 Å². The third-order valence-corrected chi connectivity index (χ3v) is 2.44. The van der Waals surface area contributed by atoms with Crippen LogP contribution in [-0.4, -0.2) is 9.97 Å². The molecule has 0 saturated carbocycles. The molecule has 0 spiro atoms. The van der Waals surface area contributed by atoms with Crippen molar-refractivity contribution in [2.24, 2.45) is 0 Å². The minimum absolute atomic E-state index is 0.187. The van der Waals surface area contributed by atoms with Gasteiger partial charge in [0.25, 0.3) is 0 Å². The highest BCUT2D eigenvalue weighted by Gasteiger charge is 2.05. The average Bonchev–Trinajstić information content (AvgIpc) is 2.28. The van der Waals surface area contributed by atoms with Crippen LogP contribution in [0.3, 0.4) is 0 Å². The lowest BCUT2D eigenvalue weighted by molar-refractivity contribution is 0.628. The number of nitrogens with zero attached hydrogens (tertiary/aromatic N) is 2. The van der Waals surface area contributed by atoms with Crippen LogP contribution in [0, 0.1) is 19.7 Å². The van der Waals surface area contributed by atoms with Gasteiger partial charge in [-0.25, -0.2) is 9.37 Å². The molecule has 0 aliphatic rings. The van der Waals surface area contributed by atoms with Crippen LogP contribution in [-0.2, 0) is 0 Å². The first-order chi connectivity index (χ1) is 8.06. The van der Waals surface area contributed by atoms with Crippen molar-refractivity contribution in [1.29, 1.82) is 0 Å². The van der Waals surface area contributed by atoms with Gasteiger partial charge in [0.15, 0.2) is 0 Å². The normalized spacial score (nSPS) is 10.3. The van der Waals surface area contributed by atoms with E-state index in [2.05, 4.69) is 15.3 Å². The number of halogens is 1. The maximum atomic E-state index is 13.1. The Balaban J connectivity index is 2.37. The molecule has 2 aromatic rings. The number of hydrogen-bond donors (Lipinski definition) is 2. The molecule has 0 unspecified atom stereocenters. The van der Waals surface area contributed by atoms with E-state index in [0.717, 1.165) is 11.1 Å². The lowest BCUT2D eigenvalue weighted by Gasteiger charge is -2.11. The molecule has 1 heterocycles. The van der Waals surface area contributed by atoms with Crippen LogP contribution in [0.15, 0.2) is 24.4 Å². The maximum Gasteiger partial charge on any atom is 0.221 e. The van der Waals surface area contributed by atoms with Gasteiger partial charge in [-0.3, -0.25) is 0 Å². The Bertz CT molecular complexity index is 505. The molecule has 0 aliphatic heterocycles. The SMILES string of the molecule is Cc1ccc(F)cc1Nc1nc(N)ncc1C. The lowest BCUT2D eigenvalue weighted by Crippen LogP contribution is -2.03. The fraction of sp³-hybridized carbons (Fsp3) is 0.167. The third kappa shape index (κ3) is 2.50. The molecule has 17 heavy (non-hydrogen) atoms. The summed E-state index contributed by atoms with van der Waals surface area (Å²) in [6.45, 7) is 3.75. The topological polar surface area (TPSA) is 63.8 Å². The molecule has 4 nitrogen and oxygen atoms in total. The van der Waals surface area contributed by atoms with Crippen molar-refractivity contribution in [3.05, 3.63) is 41.3 Å². The zero-order valence-corrected chi connectivity index (χ0v) is 9.66. The molecule has 5 heteroatoms. The third-order valence-electron chi connectivity index (χ3n) is 2.44. The molecule has 0 amide bonds. The van der Waals surface area contributed by atoms with Crippen molar-refractivity contribution < 1.29 is 4.39 Å². The second-order valence-electron chi connectivity index (χ2n) is 3.84. The Morgan fingerprint density at radius 3 is 2.76 bits per heavy atom. The number of anilines is 3. The van der Waals surface area contributed by atoms with Crippen molar-refractivity contribution in [3.63, 3.8) is 0 Å². The van der Waals surface area contributed by atoms with Crippen molar-refractivity contribution >= 4 is 17.5 Å². The summed E-state index contributed by atoms with van der Waals surface area (Å²) in [6.07, 6.45) is 1.62. The highest BCUT2D eigenvalue weighted by atomic mass is 19.1. The Labute approximate surface area is 98.7 Å². The molecule has 2 rings (SSSR count). The van der Waals surface area contributed by atoms with Crippen molar-refractivity contribution in [3.8, 4) is 0 Å². The van der Waals surface area contributed by atoms with Crippen LogP contribution >= 0.6 is 0 Å². The molecular weight excluding hydrogens is 219 g/mol. The molecule has 1 aromatic carbocycles. The molecule has 1 aromatic heterocycles. The quantitative estimate of drug-likeness (QED) is 0.835. The zero-order valence-electron chi connectivity index (χ0n) is 9.66. The summed E-state index contributed by atoms with van der Waals surface area (Å²) in [7, 11) is 0. The Hall–Kier alpha value is -2.17. The Kier molecular flexibility index (Phi) is 2.91. The van der Waals surface area contributed by atoms with E-state index in [1.54, 1.807) is 12.3 Å². The van der Waals surface area contributed by atoms with Crippen LogP contribution in [0.25, 0.3) is 0 Å². The molecule has 0 radical (unpaired) electrons. The van der Waals surface area contributed by atoms with Gasteiger partial charge in [0.05, 0.1) is 0 Å². The van der Waals surface area contributed by atoms with Gasteiger partial charge in [0.2, 0.25) is 5.95 Å². The van der Waals surface area contributed by atoms with E-state index in [0.29, 0.717) is 11.5 Å². The van der Waals surface area contributed by atoms with Crippen molar-refractivity contribution in [2.75, 3.05) is 11.1 Å². The van der Waals surface area contributed by atoms with Crippen LogP contribution in [0.4, 0.5) is 21.8 Å². The van der Waals surface area contributed by atoms with E-state index >= 15 is 0 Å². The summed E-state index contributed by atoms with van der Waals surface area (Å²) >= 11 is 0. The number of aromatic nitrogens is 2. The standard InChI is InChI=1S/C12H13FN4/c1-7-3-4-9(13)5-10(7)16-11-8(2)6-15-12(14)17-11/h3-6H,1-2H3,(H3,14,15,16,17).